The Morgan fingerprint density at radius 3 is 2.82 bits per heavy atom. The number of nitrogens with one attached hydrogen (secondary N) is 1. The highest BCUT2D eigenvalue weighted by atomic mass is 79.9. The normalized spacial score (nSPS) is 11.3. The van der Waals surface area contributed by atoms with Crippen molar-refractivity contribution >= 4 is 42.6 Å². The van der Waals surface area contributed by atoms with E-state index in [2.05, 4.69) is 52.2 Å². The molecule has 0 aliphatic heterocycles. The molecule has 1 aromatic heterocycles. The number of anilines is 1. The molecule has 0 saturated carbocycles. The van der Waals surface area contributed by atoms with Gasteiger partial charge in [0, 0.05) is 11.0 Å². The van der Waals surface area contributed by atoms with Gasteiger partial charge < -0.3 is 5.32 Å². The summed E-state index contributed by atoms with van der Waals surface area (Å²) in [6, 6.07) is 6.21. The fourth-order valence-electron chi connectivity index (χ4n) is 1.78. The summed E-state index contributed by atoms with van der Waals surface area (Å²) in [5.74, 6) is 0.744. The van der Waals surface area contributed by atoms with Gasteiger partial charge in [0.1, 0.15) is 0 Å². The van der Waals surface area contributed by atoms with Crippen LogP contribution in [0, 0.1) is 5.92 Å². The first-order valence-corrected chi connectivity index (χ1v) is 7.63. The van der Waals surface area contributed by atoms with Crippen LogP contribution in [-0.4, -0.2) is 11.5 Å². The number of hydrogen-bond acceptors (Lipinski definition) is 3. The van der Waals surface area contributed by atoms with Crippen LogP contribution in [0.4, 0.5) is 5.13 Å². The molecule has 0 amide bonds. The zero-order valence-corrected chi connectivity index (χ0v) is 12.6. The molecule has 0 saturated heterocycles. The Morgan fingerprint density at radius 1 is 1.35 bits per heavy atom. The van der Waals surface area contributed by atoms with Crippen LogP contribution in [0.15, 0.2) is 22.7 Å². The van der Waals surface area contributed by atoms with Gasteiger partial charge in [-0.2, -0.15) is 0 Å². The van der Waals surface area contributed by atoms with Crippen LogP contribution in [0.2, 0.25) is 0 Å². The van der Waals surface area contributed by atoms with Gasteiger partial charge in [0.25, 0.3) is 0 Å². The van der Waals surface area contributed by atoms with Gasteiger partial charge in [-0.05, 0) is 24.1 Å². The Balaban J connectivity index is 2.09. The first-order valence-electron chi connectivity index (χ1n) is 6.02. The average molecular weight is 313 g/mol. The van der Waals surface area contributed by atoms with Gasteiger partial charge in [0.2, 0.25) is 0 Å². The Labute approximate surface area is 115 Å². The molecule has 1 N–H and O–H groups in total. The molecule has 0 fully saturated rings. The quantitative estimate of drug-likeness (QED) is 0.848. The van der Waals surface area contributed by atoms with Crippen molar-refractivity contribution in [3.8, 4) is 0 Å². The molecule has 2 nitrogen and oxygen atoms in total. The summed E-state index contributed by atoms with van der Waals surface area (Å²) >= 11 is 5.21. The third kappa shape index (κ3) is 3.19. The molecule has 0 radical (unpaired) electrons. The first-order chi connectivity index (χ1) is 8.22. The van der Waals surface area contributed by atoms with Crippen molar-refractivity contribution in [1.29, 1.82) is 0 Å². The lowest BCUT2D eigenvalue weighted by Gasteiger charge is -2.11. The predicted octanol–water partition coefficient (Wildman–Crippen LogP) is 4.91. The second kappa shape index (κ2) is 5.83. The maximum absolute atomic E-state index is 4.58. The van der Waals surface area contributed by atoms with Crippen LogP contribution in [0.25, 0.3) is 10.2 Å². The number of hydrogen-bond donors (Lipinski definition) is 1. The molecule has 0 atom stereocenters. The molecule has 17 heavy (non-hydrogen) atoms. The zero-order valence-electron chi connectivity index (χ0n) is 10.2. The van der Waals surface area contributed by atoms with Gasteiger partial charge in [-0.15, -0.1) is 0 Å². The van der Waals surface area contributed by atoms with Gasteiger partial charge in [0.15, 0.2) is 5.13 Å². The smallest absolute Gasteiger partial charge is 0.183 e. The van der Waals surface area contributed by atoms with Crippen LogP contribution in [0.1, 0.15) is 26.7 Å². The Hall–Kier alpha value is -0.610. The van der Waals surface area contributed by atoms with Gasteiger partial charge in [0.05, 0.1) is 10.2 Å². The van der Waals surface area contributed by atoms with E-state index in [1.807, 2.05) is 6.07 Å². The van der Waals surface area contributed by atoms with E-state index in [0.717, 1.165) is 27.6 Å². The summed E-state index contributed by atoms with van der Waals surface area (Å²) < 4.78 is 2.34. The lowest BCUT2D eigenvalue weighted by atomic mass is 10.0. The molecule has 0 bridgehead atoms. The lowest BCUT2D eigenvalue weighted by molar-refractivity contribution is 0.519. The molecule has 4 heteroatoms. The molecule has 0 spiro atoms. The number of rotatable bonds is 5. The van der Waals surface area contributed by atoms with Crippen molar-refractivity contribution in [3.05, 3.63) is 22.7 Å². The Morgan fingerprint density at radius 2 is 2.12 bits per heavy atom. The molecule has 0 unspecified atom stereocenters. The number of halogens is 1. The highest BCUT2D eigenvalue weighted by Crippen LogP contribution is 2.28. The number of nitrogens with zero attached hydrogens (tertiary/aromatic N) is 1. The molecule has 1 heterocycles. The van der Waals surface area contributed by atoms with Crippen LogP contribution < -0.4 is 5.32 Å². The monoisotopic (exact) mass is 312 g/mol. The van der Waals surface area contributed by atoms with Crippen molar-refractivity contribution in [2.75, 3.05) is 11.9 Å². The van der Waals surface area contributed by atoms with E-state index in [1.165, 1.54) is 17.5 Å². The SMILES string of the molecule is CCC(CC)CNc1nc2ccc(Br)cc2s1. The molecule has 2 rings (SSSR count). The molecule has 0 aliphatic carbocycles. The van der Waals surface area contributed by atoms with Crippen LogP contribution in [-0.2, 0) is 0 Å². The molecule has 2 aromatic rings. The minimum absolute atomic E-state index is 0.744. The van der Waals surface area contributed by atoms with Crippen molar-refractivity contribution in [3.63, 3.8) is 0 Å². The van der Waals surface area contributed by atoms with Gasteiger partial charge in [-0.3, -0.25) is 0 Å². The van der Waals surface area contributed by atoms with Crippen LogP contribution >= 0.6 is 27.3 Å². The summed E-state index contributed by atoms with van der Waals surface area (Å²) in [6.45, 7) is 5.50. The second-order valence-electron chi connectivity index (χ2n) is 4.19. The molecular formula is C13H17BrN2S. The molecular weight excluding hydrogens is 296 g/mol. The van der Waals surface area contributed by atoms with E-state index in [-0.39, 0.29) is 0 Å². The first kappa shape index (κ1) is 12.8. The Kier molecular flexibility index (Phi) is 4.40. The summed E-state index contributed by atoms with van der Waals surface area (Å²) in [5.41, 5.74) is 1.07. The standard InChI is InChI=1S/C13H17BrN2S/c1-3-9(4-2)8-15-13-16-11-6-5-10(14)7-12(11)17-13/h5-7,9H,3-4,8H2,1-2H3,(H,15,16). The van der Waals surface area contributed by atoms with Crippen LogP contribution in [0.3, 0.4) is 0 Å². The van der Waals surface area contributed by atoms with E-state index in [0.29, 0.717) is 0 Å². The number of thiazole rings is 1. The zero-order chi connectivity index (χ0) is 12.3. The number of fused-ring (bicyclic) bond motifs is 1. The van der Waals surface area contributed by atoms with Crippen molar-refractivity contribution in [2.24, 2.45) is 5.92 Å². The van der Waals surface area contributed by atoms with Crippen LogP contribution in [0.5, 0.6) is 0 Å². The van der Waals surface area contributed by atoms with E-state index < -0.39 is 0 Å². The molecule has 1 aromatic carbocycles. The highest BCUT2D eigenvalue weighted by Gasteiger charge is 2.06. The highest BCUT2D eigenvalue weighted by molar-refractivity contribution is 9.10. The fraction of sp³-hybridized carbons (Fsp3) is 0.462. The van der Waals surface area contributed by atoms with Gasteiger partial charge >= 0.3 is 0 Å². The summed E-state index contributed by atoms with van der Waals surface area (Å²) in [4.78, 5) is 4.58. The maximum atomic E-state index is 4.58. The summed E-state index contributed by atoms with van der Waals surface area (Å²) in [5, 5.41) is 4.48. The van der Waals surface area contributed by atoms with Crippen molar-refractivity contribution < 1.29 is 0 Å². The van der Waals surface area contributed by atoms with E-state index in [1.54, 1.807) is 11.3 Å². The summed E-state index contributed by atoms with van der Waals surface area (Å²) in [6.07, 6.45) is 2.44. The average Bonchev–Trinajstić information content (AvgIpc) is 2.72. The third-order valence-corrected chi connectivity index (χ3v) is 4.52. The molecule has 0 aliphatic rings. The topological polar surface area (TPSA) is 24.9 Å². The largest absolute Gasteiger partial charge is 0.361 e. The van der Waals surface area contributed by atoms with Gasteiger partial charge in [-0.25, -0.2) is 4.98 Å². The number of aromatic nitrogens is 1. The second-order valence-corrected chi connectivity index (χ2v) is 6.14. The number of benzene rings is 1. The lowest BCUT2D eigenvalue weighted by Crippen LogP contribution is -2.12. The van der Waals surface area contributed by atoms with Crippen molar-refractivity contribution in [2.45, 2.75) is 26.7 Å². The summed E-state index contributed by atoms with van der Waals surface area (Å²) in [7, 11) is 0. The molecule has 92 valence electrons. The minimum Gasteiger partial charge on any atom is -0.361 e. The third-order valence-electron chi connectivity index (χ3n) is 3.05. The predicted molar refractivity (Wildman–Crippen MR) is 79.9 cm³/mol. The fourth-order valence-corrected chi connectivity index (χ4v) is 3.21. The van der Waals surface area contributed by atoms with E-state index in [9.17, 15) is 0 Å². The minimum atomic E-state index is 0.744. The maximum Gasteiger partial charge on any atom is 0.183 e. The van der Waals surface area contributed by atoms with Crippen molar-refractivity contribution in [1.82, 2.24) is 4.98 Å². The van der Waals surface area contributed by atoms with E-state index in [4.69, 9.17) is 0 Å². The Bertz CT molecular complexity index is 491. The van der Waals surface area contributed by atoms with E-state index >= 15 is 0 Å². The van der Waals surface area contributed by atoms with Gasteiger partial charge in [-0.1, -0.05) is 54.0 Å².